The molecule has 0 aliphatic rings. The third-order valence-electron chi connectivity index (χ3n) is 3.71. The van der Waals surface area contributed by atoms with Crippen LogP contribution in [0.2, 0.25) is 0 Å². The fraction of sp³-hybridized carbons (Fsp3) is 0.222. The van der Waals surface area contributed by atoms with E-state index < -0.39 is 0 Å². The normalized spacial score (nSPS) is 12.3. The highest BCUT2D eigenvalue weighted by Crippen LogP contribution is 2.35. The zero-order valence-corrected chi connectivity index (χ0v) is 14.1. The summed E-state index contributed by atoms with van der Waals surface area (Å²) >= 11 is 1.62. The van der Waals surface area contributed by atoms with Gasteiger partial charge < -0.3 is 0 Å². The van der Waals surface area contributed by atoms with Gasteiger partial charge in [0.15, 0.2) is 5.16 Å². The lowest BCUT2D eigenvalue weighted by atomic mass is 10.2. The van der Waals surface area contributed by atoms with E-state index in [1.165, 1.54) is 17.7 Å². The SMILES string of the molecule is Cc1ccc(-n2c(C)nnc2S[C@@H](C)c2ccc(F)cc2)cc1. The maximum atomic E-state index is 13.1. The van der Waals surface area contributed by atoms with E-state index in [-0.39, 0.29) is 11.1 Å². The average Bonchev–Trinajstić information content (AvgIpc) is 2.89. The van der Waals surface area contributed by atoms with E-state index in [1.54, 1.807) is 11.8 Å². The smallest absolute Gasteiger partial charge is 0.196 e. The summed E-state index contributed by atoms with van der Waals surface area (Å²) in [4.78, 5) is 0. The lowest BCUT2D eigenvalue weighted by Crippen LogP contribution is -2.00. The summed E-state index contributed by atoms with van der Waals surface area (Å²) in [5.74, 6) is 0.632. The Morgan fingerprint density at radius 2 is 1.61 bits per heavy atom. The zero-order chi connectivity index (χ0) is 16.4. The van der Waals surface area contributed by atoms with Crippen molar-refractivity contribution in [1.29, 1.82) is 0 Å². The first kappa shape index (κ1) is 15.7. The molecule has 0 spiro atoms. The molecule has 0 unspecified atom stereocenters. The van der Waals surface area contributed by atoms with Crippen molar-refractivity contribution in [3.8, 4) is 5.69 Å². The molecule has 0 aliphatic heterocycles. The van der Waals surface area contributed by atoms with Crippen LogP contribution in [-0.4, -0.2) is 14.8 Å². The number of aromatic nitrogens is 3. The molecule has 0 bridgehead atoms. The fourth-order valence-corrected chi connectivity index (χ4v) is 3.41. The molecule has 1 heterocycles. The predicted octanol–water partition coefficient (Wildman–Crippen LogP) is 4.88. The lowest BCUT2D eigenvalue weighted by Gasteiger charge is -2.13. The van der Waals surface area contributed by atoms with E-state index in [9.17, 15) is 4.39 Å². The van der Waals surface area contributed by atoms with Crippen molar-refractivity contribution in [2.75, 3.05) is 0 Å². The van der Waals surface area contributed by atoms with Crippen molar-refractivity contribution in [2.45, 2.75) is 31.2 Å². The molecule has 3 aromatic rings. The molecule has 1 aromatic heterocycles. The predicted molar refractivity (Wildman–Crippen MR) is 91.5 cm³/mol. The van der Waals surface area contributed by atoms with Crippen LogP contribution < -0.4 is 0 Å². The molecule has 0 aliphatic carbocycles. The molecule has 1 atom stereocenters. The maximum Gasteiger partial charge on any atom is 0.196 e. The molecule has 0 saturated heterocycles. The Labute approximate surface area is 139 Å². The number of thioether (sulfide) groups is 1. The quantitative estimate of drug-likeness (QED) is 0.640. The van der Waals surface area contributed by atoms with Crippen LogP contribution in [0, 0.1) is 19.7 Å². The molecule has 0 fully saturated rings. The second-order valence-corrected chi connectivity index (χ2v) is 6.82. The van der Waals surface area contributed by atoms with Gasteiger partial charge in [-0.15, -0.1) is 10.2 Å². The summed E-state index contributed by atoms with van der Waals surface area (Å²) < 4.78 is 15.1. The highest BCUT2D eigenvalue weighted by molar-refractivity contribution is 7.99. The van der Waals surface area contributed by atoms with Crippen LogP contribution in [0.3, 0.4) is 0 Å². The van der Waals surface area contributed by atoms with Gasteiger partial charge in [0, 0.05) is 10.9 Å². The molecule has 0 N–H and O–H groups in total. The molecule has 3 rings (SSSR count). The zero-order valence-electron chi connectivity index (χ0n) is 13.3. The van der Waals surface area contributed by atoms with E-state index in [1.807, 2.05) is 23.6 Å². The van der Waals surface area contributed by atoms with Crippen molar-refractivity contribution in [1.82, 2.24) is 14.8 Å². The minimum atomic E-state index is -0.218. The Hall–Kier alpha value is -2.14. The second kappa shape index (κ2) is 6.54. The van der Waals surface area contributed by atoms with Gasteiger partial charge in [0.1, 0.15) is 11.6 Å². The monoisotopic (exact) mass is 327 g/mol. The number of benzene rings is 2. The Morgan fingerprint density at radius 3 is 2.26 bits per heavy atom. The van der Waals surface area contributed by atoms with Crippen LogP contribution in [-0.2, 0) is 0 Å². The van der Waals surface area contributed by atoms with Gasteiger partial charge in [-0.05, 0) is 50.6 Å². The Balaban J connectivity index is 1.89. The molecule has 5 heteroatoms. The van der Waals surface area contributed by atoms with Crippen LogP contribution in [0.4, 0.5) is 4.39 Å². The molecule has 2 aromatic carbocycles. The first-order valence-corrected chi connectivity index (χ1v) is 8.34. The Kier molecular flexibility index (Phi) is 4.48. The average molecular weight is 327 g/mol. The van der Waals surface area contributed by atoms with Crippen LogP contribution in [0.15, 0.2) is 53.7 Å². The standard InChI is InChI=1S/C18H18FN3S/c1-12-4-10-17(11-5-12)22-14(3)20-21-18(22)23-13(2)15-6-8-16(19)9-7-15/h4-11,13H,1-3H3/t13-/m0/s1. The van der Waals surface area contributed by atoms with E-state index >= 15 is 0 Å². The highest BCUT2D eigenvalue weighted by atomic mass is 32.2. The first-order valence-electron chi connectivity index (χ1n) is 7.46. The number of nitrogens with zero attached hydrogens (tertiary/aromatic N) is 3. The molecule has 3 nitrogen and oxygen atoms in total. The van der Waals surface area contributed by atoms with E-state index in [2.05, 4.69) is 48.3 Å². The van der Waals surface area contributed by atoms with Crippen molar-refractivity contribution < 1.29 is 4.39 Å². The van der Waals surface area contributed by atoms with Gasteiger partial charge in [-0.2, -0.15) is 0 Å². The molecule has 118 valence electrons. The molecule has 0 saturated carbocycles. The van der Waals surface area contributed by atoms with Gasteiger partial charge in [-0.1, -0.05) is 41.6 Å². The summed E-state index contributed by atoms with van der Waals surface area (Å²) in [6.07, 6.45) is 0. The molecule has 0 radical (unpaired) electrons. The maximum absolute atomic E-state index is 13.1. The third-order valence-corrected chi connectivity index (χ3v) is 4.81. The summed E-state index contributed by atoms with van der Waals surface area (Å²) in [6.45, 7) is 6.09. The minimum absolute atomic E-state index is 0.156. The molecule has 0 amide bonds. The molecule has 23 heavy (non-hydrogen) atoms. The minimum Gasteiger partial charge on any atom is -0.274 e. The van der Waals surface area contributed by atoms with Gasteiger partial charge in [-0.3, -0.25) is 4.57 Å². The van der Waals surface area contributed by atoms with Crippen molar-refractivity contribution in [2.24, 2.45) is 0 Å². The van der Waals surface area contributed by atoms with E-state index in [4.69, 9.17) is 0 Å². The van der Waals surface area contributed by atoms with Crippen molar-refractivity contribution in [3.63, 3.8) is 0 Å². The number of hydrogen-bond acceptors (Lipinski definition) is 3. The topological polar surface area (TPSA) is 30.7 Å². The third kappa shape index (κ3) is 3.45. The molecular weight excluding hydrogens is 309 g/mol. The van der Waals surface area contributed by atoms with Crippen LogP contribution in [0.1, 0.15) is 29.1 Å². The number of aryl methyl sites for hydroxylation is 2. The largest absolute Gasteiger partial charge is 0.274 e. The summed E-state index contributed by atoms with van der Waals surface area (Å²) in [7, 11) is 0. The molecular formula is C18H18FN3S. The van der Waals surface area contributed by atoms with Gasteiger partial charge in [0.2, 0.25) is 0 Å². The second-order valence-electron chi connectivity index (χ2n) is 5.51. The van der Waals surface area contributed by atoms with E-state index in [0.717, 1.165) is 22.2 Å². The summed E-state index contributed by atoms with van der Waals surface area (Å²) in [6, 6.07) is 14.9. The van der Waals surface area contributed by atoms with Gasteiger partial charge in [0.05, 0.1) is 0 Å². The Bertz CT molecular complexity index is 794. The van der Waals surface area contributed by atoms with Crippen molar-refractivity contribution >= 4 is 11.8 Å². The number of hydrogen-bond donors (Lipinski definition) is 0. The van der Waals surface area contributed by atoms with Gasteiger partial charge in [0.25, 0.3) is 0 Å². The summed E-state index contributed by atoms with van der Waals surface area (Å²) in [5, 5.41) is 9.50. The van der Waals surface area contributed by atoms with Crippen LogP contribution in [0.25, 0.3) is 5.69 Å². The number of halogens is 1. The lowest BCUT2D eigenvalue weighted by molar-refractivity contribution is 0.627. The summed E-state index contributed by atoms with van der Waals surface area (Å²) in [5.41, 5.74) is 3.33. The van der Waals surface area contributed by atoms with Gasteiger partial charge >= 0.3 is 0 Å². The Morgan fingerprint density at radius 1 is 0.957 bits per heavy atom. The van der Waals surface area contributed by atoms with Crippen molar-refractivity contribution in [3.05, 3.63) is 71.3 Å². The van der Waals surface area contributed by atoms with Gasteiger partial charge in [-0.25, -0.2) is 4.39 Å². The number of rotatable bonds is 4. The highest BCUT2D eigenvalue weighted by Gasteiger charge is 2.16. The van der Waals surface area contributed by atoms with Crippen LogP contribution in [0.5, 0.6) is 0 Å². The fourth-order valence-electron chi connectivity index (χ4n) is 2.37. The van der Waals surface area contributed by atoms with Crippen LogP contribution >= 0.6 is 11.8 Å². The van der Waals surface area contributed by atoms with E-state index in [0.29, 0.717) is 0 Å². The first-order chi connectivity index (χ1) is 11.0.